The Labute approximate surface area is 92.3 Å². The van der Waals surface area contributed by atoms with Gasteiger partial charge in [0.05, 0.1) is 6.54 Å². The summed E-state index contributed by atoms with van der Waals surface area (Å²) in [5.41, 5.74) is 6.47. The van der Waals surface area contributed by atoms with Crippen LogP contribution in [0.5, 0.6) is 0 Å². The van der Waals surface area contributed by atoms with E-state index >= 15 is 0 Å². The fourth-order valence-electron chi connectivity index (χ4n) is 1.58. The van der Waals surface area contributed by atoms with Crippen molar-refractivity contribution in [1.82, 2.24) is 4.57 Å². The lowest BCUT2D eigenvalue weighted by Gasteiger charge is -2.05. The maximum absolute atomic E-state index is 13.3. The van der Waals surface area contributed by atoms with Crippen molar-refractivity contribution in [2.24, 2.45) is 5.73 Å². The fraction of sp³-hybridized carbons (Fsp3) is 0.167. The molecule has 2 aromatic rings. The van der Waals surface area contributed by atoms with Gasteiger partial charge in [-0.15, -0.1) is 0 Å². The average Bonchev–Trinajstić information content (AvgIpc) is 2.71. The van der Waals surface area contributed by atoms with E-state index in [2.05, 4.69) is 0 Å². The van der Waals surface area contributed by atoms with E-state index in [-0.39, 0.29) is 12.1 Å². The van der Waals surface area contributed by atoms with Gasteiger partial charge < -0.3 is 10.3 Å². The average molecular weight is 222 g/mol. The first-order valence-electron chi connectivity index (χ1n) is 4.98. The molecule has 1 aromatic heterocycles. The van der Waals surface area contributed by atoms with Gasteiger partial charge in [-0.2, -0.15) is 0 Å². The van der Waals surface area contributed by atoms with Crippen LogP contribution in [0, 0.1) is 11.6 Å². The van der Waals surface area contributed by atoms with E-state index < -0.39 is 11.6 Å². The van der Waals surface area contributed by atoms with Crippen LogP contribution < -0.4 is 5.73 Å². The number of halogens is 2. The van der Waals surface area contributed by atoms with Gasteiger partial charge in [-0.25, -0.2) is 8.78 Å². The first-order valence-corrected chi connectivity index (χ1v) is 4.98. The van der Waals surface area contributed by atoms with Crippen LogP contribution in [0.25, 0.3) is 0 Å². The summed E-state index contributed by atoms with van der Waals surface area (Å²) in [6.07, 6.45) is 3.54. The highest BCUT2D eigenvalue weighted by atomic mass is 19.1. The largest absolute Gasteiger partial charge is 0.349 e. The number of nitrogens with zero attached hydrogens (tertiary/aromatic N) is 1. The van der Waals surface area contributed by atoms with Crippen molar-refractivity contribution in [1.29, 1.82) is 0 Å². The minimum Gasteiger partial charge on any atom is -0.349 e. The SMILES string of the molecule is NCc1ccn(Cc2c(F)cccc2F)c1. The lowest BCUT2D eigenvalue weighted by Crippen LogP contribution is -2.03. The molecule has 2 nitrogen and oxygen atoms in total. The van der Waals surface area contributed by atoms with E-state index in [4.69, 9.17) is 5.73 Å². The summed E-state index contributed by atoms with van der Waals surface area (Å²) in [5, 5.41) is 0. The Morgan fingerprint density at radius 2 is 1.81 bits per heavy atom. The van der Waals surface area contributed by atoms with E-state index in [9.17, 15) is 8.78 Å². The first kappa shape index (κ1) is 10.8. The minimum absolute atomic E-state index is 0.0710. The summed E-state index contributed by atoms with van der Waals surface area (Å²) in [6.45, 7) is 0.602. The number of benzene rings is 1. The molecule has 0 saturated carbocycles. The molecule has 0 bridgehead atoms. The second kappa shape index (κ2) is 4.45. The molecule has 84 valence electrons. The summed E-state index contributed by atoms with van der Waals surface area (Å²) in [4.78, 5) is 0. The molecule has 1 aromatic carbocycles. The lowest BCUT2D eigenvalue weighted by atomic mass is 10.2. The second-order valence-corrected chi connectivity index (χ2v) is 3.60. The monoisotopic (exact) mass is 222 g/mol. The zero-order valence-electron chi connectivity index (χ0n) is 8.66. The molecule has 0 radical (unpaired) electrons. The van der Waals surface area contributed by atoms with Gasteiger partial charge in [-0.1, -0.05) is 6.07 Å². The molecule has 0 saturated heterocycles. The smallest absolute Gasteiger partial charge is 0.131 e. The molecular weight excluding hydrogens is 210 g/mol. The van der Waals surface area contributed by atoms with Gasteiger partial charge in [-0.05, 0) is 23.8 Å². The van der Waals surface area contributed by atoms with Gasteiger partial charge in [0.25, 0.3) is 0 Å². The van der Waals surface area contributed by atoms with Gasteiger partial charge in [-0.3, -0.25) is 0 Å². The predicted octanol–water partition coefficient (Wildman–Crippen LogP) is 2.27. The molecule has 0 aliphatic rings. The molecule has 2 rings (SSSR count). The Morgan fingerprint density at radius 1 is 1.12 bits per heavy atom. The highest BCUT2D eigenvalue weighted by Crippen LogP contribution is 2.14. The standard InChI is InChI=1S/C12H12F2N2/c13-11-2-1-3-12(14)10(11)8-16-5-4-9(6-15)7-16/h1-5,7H,6,8,15H2. The van der Waals surface area contributed by atoms with Crippen LogP contribution in [-0.2, 0) is 13.1 Å². The number of nitrogens with two attached hydrogens (primary N) is 1. The summed E-state index contributed by atoms with van der Waals surface area (Å²) in [6, 6.07) is 5.70. The fourth-order valence-corrected chi connectivity index (χ4v) is 1.58. The van der Waals surface area contributed by atoms with Crippen molar-refractivity contribution in [2.45, 2.75) is 13.1 Å². The Kier molecular flexibility index (Phi) is 3.01. The Hall–Kier alpha value is -1.68. The third-order valence-corrected chi connectivity index (χ3v) is 2.45. The highest BCUT2D eigenvalue weighted by Gasteiger charge is 2.08. The minimum atomic E-state index is -0.525. The summed E-state index contributed by atoms with van der Waals surface area (Å²) in [5.74, 6) is -1.05. The van der Waals surface area contributed by atoms with Crippen LogP contribution in [0.3, 0.4) is 0 Å². The molecular formula is C12H12F2N2. The molecule has 4 heteroatoms. The van der Waals surface area contributed by atoms with Crippen molar-refractivity contribution < 1.29 is 8.78 Å². The molecule has 1 heterocycles. The normalized spacial score (nSPS) is 10.7. The topological polar surface area (TPSA) is 30.9 Å². The Bertz CT molecular complexity index is 471. The van der Waals surface area contributed by atoms with Gasteiger partial charge >= 0.3 is 0 Å². The molecule has 0 spiro atoms. The van der Waals surface area contributed by atoms with Gasteiger partial charge in [0.1, 0.15) is 11.6 Å². The molecule has 0 fully saturated rings. The highest BCUT2D eigenvalue weighted by molar-refractivity contribution is 5.21. The van der Waals surface area contributed by atoms with E-state index in [1.807, 2.05) is 6.07 Å². The van der Waals surface area contributed by atoms with E-state index in [1.165, 1.54) is 18.2 Å². The van der Waals surface area contributed by atoms with Crippen molar-refractivity contribution in [2.75, 3.05) is 0 Å². The molecule has 2 N–H and O–H groups in total. The molecule has 0 unspecified atom stereocenters. The zero-order chi connectivity index (χ0) is 11.5. The van der Waals surface area contributed by atoms with Crippen LogP contribution in [0.15, 0.2) is 36.7 Å². The summed E-state index contributed by atoms with van der Waals surface area (Å²) in [7, 11) is 0. The van der Waals surface area contributed by atoms with Crippen molar-refractivity contribution in [3.63, 3.8) is 0 Å². The van der Waals surface area contributed by atoms with Crippen LogP contribution >= 0.6 is 0 Å². The van der Waals surface area contributed by atoms with Gasteiger partial charge in [0, 0.05) is 24.5 Å². The molecule has 0 aliphatic heterocycles. The maximum atomic E-state index is 13.3. The third-order valence-electron chi connectivity index (χ3n) is 2.45. The number of rotatable bonds is 3. The van der Waals surface area contributed by atoms with E-state index in [1.54, 1.807) is 17.0 Å². The molecule has 16 heavy (non-hydrogen) atoms. The van der Waals surface area contributed by atoms with Crippen LogP contribution in [-0.4, -0.2) is 4.57 Å². The number of hydrogen-bond donors (Lipinski definition) is 1. The van der Waals surface area contributed by atoms with Crippen molar-refractivity contribution in [3.8, 4) is 0 Å². The number of hydrogen-bond acceptors (Lipinski definition) is 1. The third kappa shape index (κ3) is 2.12. The Balaban J connectivity index is 2.26. The zero-order valence-corrected chi connectivity index (χ0v) is 8.66. The lowest BCUT2D eigenvalue weighted by molar-refractivity contribution is 0.545. The van der Waals surface area contributed by atoms with Gasteiger partial charge in [0.15, 0.2) is 0 Å². The quantitative estimate of drug-likeness (QED) is 0.848. The van der Waals surface area contributed by atoms with Crippen LogP contribution in [0.4, 0.5) is 8.78 Å². The van der Waals surface area contributed by atoms with Crippen LogP contribution in [0.2, 0.25) is 0 Å². The van der Waals surface area contributed by atoms with Crippen molar-refractivity contribution >= 4 is 0 Å². The Morgan fingerprint density at radius 3 is 2.38 bits per heavy atom. The molecule has 0 aliphatic carbocycles. The summed E-state index contributed by atoms with van der Waals surface area (Å²) < 4.78 is 28.4. The van der Waals surface area contributed by atoms with Gasteiger partial charge in [0.2, 0.25) is 0 Å². The molecule has 0 amide bonds. The predicted molar refractivity (Wildman–Crippen MR) is 57.8 cm³/mol. The second-order valence-electron chi connectivity index (χ2n) is 3.60. The van der Waals surface area contributed by atoms with Crippen LogP contribution in [0.1, 0.15) is 11.1 Å². The summed E-state index contributed by atoms with van der Waals surface area (Å²) >= 11 is 0. The van der Waals surface area contributed by atoms with E-state index in [0.717, 1.165) is 5.56 Å². The maximum Gasteiger partial charge on any atom is 0.131 e. The first-order chi connectivity index (χ1) is 7.70. The molecule has 0 atom stereocenters. The van der Waals surface area contributed by atoms with E-state index in [0.29, 0.717) is 6.54 Å². The number of aromatic nitrogens is 1. The van der Waals surface area contributed by atoms with Crippen molar-refractivity contribution in [3.05, 3.63) is 59.4 Å².